The van der Waals surface area contributed by atoms with E-state index in [-0.39, 0.29) is 54.7 Å². The summed E-state index contributed by atoms with van der Waals surface area (Å²) in [6.07, 6.45) is 5.84. The van der Waals surface area contributed by atoms with Crippen LogP contribution in [0, 0.1) is 11.7 Å². The molecule has 3 amide bonds. The average molecular weight is 469 g/mol. The summed E-state index contributed by atoms with van der Waals surface area (Å²) in [5.41, 5.74) is 1.08. The molecule has 1 fully saturated rings. The lowest BCUT2D eigenvalue weighted by molar-refractivity contribution is -0.133. The number of amides is 3. The van der Waals surface area contributed by atoms with Crippen LogP contribution in [-0.4, -0.2) is 59.9 Å². The minimum absolute atomic E-state index is 0.0816. The van der Waals surface area contributed by atoms with Crippen molar-refractivity contribution < 1.29 is 23.5 Å². The molecular weight excluding hydrogens is 439 g/mol. The molecule has 8 nitrogen and oxygen atoms in total. The fraction of sp³-hybridized carbons (Fsp3) is 0.440. The van der Waals surface area contributed by atoms with E-state index < -0.39 is 11.7 Å². The monoisotopic (exact) mass is 468 g/mol. The van der Waals surface area contributed by atoms with E-state index in [2.05, 4.69) is 15.6 Å². The molecule has 2 N–H and O–H groups in total. The van der Waals surface area contributed by atoms with Crippen LogP contribution < -0.4 is 15.4 Å². The first-order valence-electron chi connectivity index (χ1n) is 11.7. The molecule has 2 aromatic rings. The second-order valence-corrected chi connectivity index (χ2v) is 8.74. The molecule has 1 aromatic heterocycles. The first kappa shape index (κ1) is 23.7. The van der Waals surface area contributed by atoms with Gasteiger partial charge in [-0.25, -0.2) is 4.39 Å². The highest BCUT2D eigenvalue weighted by Gasteiger charge is 2.32. The molecule has 0 spiro atoms. The second kappa shape index (κ2) is 11.1. The topological polar surface area (TPSA) is 101 Å². The number of ether oxygens (including phenoxy) is 1. The van der Waals surface area contributed by atoms with Crippen molar-refractivity contribution >= 4 is 17.7 Å². The fourth-order valence-electron chi connectivity index (χ4n) is 4.36. The molecule has 180 valence electrons. The Morgan fingerprint density at radius 3 is 2.91 bits per heavy atom. The van der Waals surface area contributed by atoms with Crippen LogP contribution in [0.25, 0.3) is 0 Å². The third-order valence-corrected chi connectivity index (χ3v) is 6.22. The molecular formula is C25H29FN4O4. The molecule has 0 saturated carbocycles. The van der Waals surface area contributed by atoms with Crippen LogP contribution in [0.5, 0.6) is 5.75 Å². The summed E-state index contributed by atoms with van der Waals surface area (Å²) < 4.78 is 19.6. The summed E-state index contributed by atoms with van der Waals surface area (Å²) in [4.78, 5) is 44.7. The number of hydrogen-bond donors (Lipinski definition) is 2. The van der Waals surface area contributed by atoms with E-state index in [1.807, 2.05) is 12.1 Å². The molecule has 4 rings (SSSR count). The standard InChI is InChI=1S/C25H29FN4O4/c26-19-6-8-22-21(13-19)25(33)29-20-7-5-18(24(32)28-11-2-12-34-22)15-30(16-20)23(31)9-4-17-3-1-10-27-14-17/h1,3,6,8,10,13-14,18,20H,2,4-5,7,9,11-12,15-16H2,(H,28,32)(H,29,33)/t18-,20+/m0/s1. The molecule has 0 aliphatic carbocycles. The number of fused-ring (bicyclic) bond motifs is 4. The maximum atomic E-state index is 13.9. The lowest BCUT2D eigenvalue weighted by atomic mass is 10.0. The molecule has 2 aliphatic rings. The Kier molecular flexibility index (Phi) is 7.72. The minimum atomic E-state index is -0.529. The SMILES string of the molecule is O=C1N[C@@H]2CC[C@@H](CN(C(=O)CCc3cccnc3)C2)C(=O)NCCCOc2ccc(F)cc21. The number of benzene rings is 1. The van der Waals surface area contributed by atoms with Gasteiger partial charge in [0.1, 0.15) is 11.6 Å². The zero-order valence-electron chi connectivity index (χ0n) is 19.0. The van der Waals surface area contributed by atoms with Crippen LogP contribution in [0.4, 0.5) is 4.39 Å². The second-order valence-electron chi connectivity index (χ2n) is 8.74. The molecule has 2 bridgehead atoms. The smallest absolute Gasteiger partial charge is 0.255 e. The van der Waals surface area contributed by atoms with Gasteiger partial charge in [0, 0.05) is 44.5 Å². The Labute approximate surface area is 197 Å². The first-order chi connectivity index (χ1) is 16.5. The van der Waals surface area contributed by atoms with Gasteiger partial charge in [-0.2, -0.15) is 0 Å². The zero-order chi connectivity index (χ0) is 23.9. The molecule has 3 heterocycles. The Balaban J connectivity index is 1.54. The number of likely N-dealkylation sites (tertiary alicyclic amines) is 1. The maximum Gasteiger partial charge on any atom is 0.255 e. The molecule has 34 heavy (non-hydrogen) atoms. The van der Waals surface area contributed by atoms with Crippen molar-refractivity contribution in [3.05, 3.63) is 59.7 Å². The van der Waals surface area contributed by atoms with Gasteiger partial charge in [-0.1, -0.05) is 6.07 Å². The largest absolute Gasteiger partial charge is 0.493 e. The number of rotatable bonds is 3. The molecule has 0 radical (unpaired) electrons. The number of carbonyl (C=O) groups excluding carboxylic acids is 3. The van der Waals surface area contributed by atoms with Crippen molar-refractivity contribution in [3.63, 3.8) is 0 Å². The number of aromatic nitrogens is 1. The van der Waals surface area contributed by atoms with Crippen molar-refractivity contribution in [3.8, 4) is 5.75 Å². The Morgan fingerprint density at radius 2 is 2.09 bits per heavy atom. The number of pyridine rings is 1. The number of nitrogens with one attached hydrogen (secondary N) is 2. The molecule has 1 saturated heterocycles. The number of nitrogens with zero attached hydrogens (tertiary/aromatic N) is 2. The van der Waals surface area contributed by atoms with Crippen molar-refractivity contribution in [2.24, 2.45) is 5.92 Å². The molecule has 0 unspecified atom stereocenters. The molecule has 2 atom stereocenters. The molecule has 9 heteroatoms. The average Bonchev–Trinajstić information content (AvgIpc) is 3.06. The minimum Gasteiger partial charge on any atom is -0.493 e. The number of hydrogen-bond acceptors (Lipinski definition) is 5. The van der Waals surface area contributed by atoms with Gasteiger partial charge in [-0.3, -0.25) is 19.4 Å². The van der Waals surface area contributed by atoms with E-state index in [1.165, 1.54) is 12.1 Å². The quantitative estimate of drug-likeness (QED) is 0.719. The van der Waals surface area contributed by atoms with Gasteiger partial charge in [0.2, 0.25) is 11.8 Å². The fourth-order valence-corrected chi connectivity index (χ4v) is 4.36. The lowest BCUT2D eigenvalue weighted by Crippen LogP contribution is -2.46. The van der Waals surface area contributed by atoms with Gasteiger partial charge >= 0.3 is 0 Å². The van der Waals surface area contributed by atoms with Gasteiger partial charge in [0.15, 0.2) is 0 Å². The van der Waals surface area contributed by atoms with Crippen LogP contribution >= 0.6 is 0 Å². The lowest BCUT2D eigenvalue weighted by Gasteiger charge is -2.26. The number of carbonyl (C=O) groups is 3. The molecule has 2 aliphatic heterocycles. The Bertz CT molecular complexity index is 1030. The summed E-state index contributed by atoms with van der Waals surface area (Å²) in [5.74, 6) is -1.24. The summed E-state index contributed by atoms with van der Waals surface area (Å²) >= 11 is 0. The third-order valence-electron chi connectivity index (χ3n) is 6.22. The summed E-state index contributed by atoms with van der Waals surface area (Å²) in [6.45, 7) is 1.27. The van der Waals surface area contributed by atoms with Crippen LogP contribution in [-0.2, 0) is 16.0 Å². The normalized spacial score (nSPS) is 21.4. The van der Waals surface area contributed by atoms with E-state index >= 15 is 0 Å². The van der Waals surface area contributed by atoms with Crippen molar-refractivity contribution in [1.82, 2.24) is 20.5 Å². The zero-order valence-corrected chi connectivity index (χ0v) is 19.0. The number of aryl methyl sites for hydroxylation is 1. The van der Waals surface area contributed by atoms with Crippen LogP contribution in [0.3, 0.4) is 0 Å². The maximum absolute atomic E-state index is 13.9. The highest BCUT2D eigenvalue weighted by atomic mass is 19.1. The van der Waals surface area contributed by atoms with E-state index in [9.17, 15) is 18.8 Å². The first-order valence-corrected chi connectivity index (χ1v) is 11.7. The van der Waals surface area contributed by atoms with Gasteiger partial charge in [0.05, 0.1) is 18.1 Å². The summed E-state index contributed by atoms with van der Waals surface area (Å²) in [5, 5.41) is 5.87. The van der Waals surface area contributed by atoms with E-state index in [1.54, 1.807) is 17.3 Å². The van der Waals surface area contributed by atoms with Crippen LogP contribution in [0.15, 0.2) is 42.7 Å². The van der Waals surface area contributed by atoms with Gasteiger partial charge in [-0.15, -0.1) is 0 Å². The Hall–Kier alpha value is -3.49. The van der Waals surface area contributed by atoms with Gasteiger partial charge < -0.3 is 20.3 Å². The van der Waals surface area contributed by atoms with Gasteiger partial charge in [0.25, 0.3) is 5.91 Å². The van der Waals surface area contributed by atoms with E-state index in [4.69, 9.17) is 4.74 Å². The highest BCUT2D eigenvalue weighted by Crippen LogP contribution is 2.23. The van der Waals surface area contributed by atoms with Gasteiger partial charge in [-0.05, 0) is 55.5 Å². The molecule has 1 aromatic carbocycles. The Morgan fingerprint density at radius 1 is 1.21 bits per heavy atom. The summed E-state index contributed by atoms with van der Waals surface area (Å²) in [7, 11) is 0. The van der Waals surface area contributed by atoms with E-state index in [0.29, 0.717) is 38.8 Å². The highest BCUT2D eigenvalue weighted by molar-refractivity contribution is 5.97. The van der Waals surface area contributed by atoms with Crippen molar-refractivity contribution in [2.75, 3.05) is 26.2 Å². The predicted molar refractivity (Wildman–Crippen MR) is 123 cm³/mol. The predicted octanol–water partition coefficient (Wildman–Crippen LogP) is 2.09. The van der Waals surface area contributed by atoms with Crippen molar-refractivity contribution in [2.45, 2.75) is 38.1 Å². The van der Waals surface area contributed by atoms with Crippen LogP contribution in [0.2, 0.25) is 0 Å². The van der Waals surface area contributed by atoms with Crippen molar-refractivity contribution in [1.29, 1.82) is 0 Å². The number of halogens is 1. The van der Waals surface area contributed by atoms with E-state index in [0.717, 1.165) is 11.6 Å². The van der Waals surface area contributed by atoms with Crippen LogP contribution in [0.1, 0.15) is 41.6 Å². The third kappa shape index (κ3) is 6.09. The summed E-state index contributed by atoms with van der Waals surface area (Å²) in [6, 6.07) is 7.22.